The molecule has 3 aromatic rings. The summed E-state index contributed by atoms with van der Waals surface area (Å²) in [5.41, 5.74) is 5.15. The summed E-state index contributed by atoms with van der Waals surface area (Å²) in [7, 11) is 7.44. The van der Waals surface area contributed by atoms with Crippen LogP contribution in [-0.2, 0) is 26.1 Å². The van der Waals surface area contributed by atoms with Crippen LogP contribution in [-0.4, -0.2) is 65.0 Å². The summed E-state index contributed by atoms with van der Waals surface area (Å²) in [6.45, 7) is 2.35. The van der Waals surface area contributed by atoms with Gasteiger partial charge in [0.2, 0.25) is 5.95 Å². The highest BCUT2D eigenvalue weighted by Crippen LogP contribution is 2.28. The first-order valence-electron chi connectivity index (χ1n) is 11.1. The second kappa shape index (κ2) is 9.93. The van der Waals surface area contributed by atoms with Crippen molar-refractivity contribution < 1.29 is 9.53 Å². The lowest BCUT2D eigenvalue weighted by molar-refractivity contribution is 0.0724. The standard InChI is InChI=1S/C25H29N7O2/c1-27-25-28-6-8-32(25)14-17-9-18(15-30(2)3)21-5-7-31(24(33)22(21)10-17)16-20-11-23(34-4)19(12-26)13-29-20/h6,8-11,13H,5,7,14-16H2,1-4H3,(H,27,28). The molecule has 1 N–H and O–H groups in total. The maximum atomic E-state index is 13.6. The van der Waals surface area contributed by atoms with Gasteiger partial charge in [0.1, 0.15) is 17.4 Å². The number of pyridine rings is 1. The Balaban J connectivity index is 1.65. The quantitative estimate of drug-likeness (QED) is 0.553. The number of anilines is 1. The molecule has 4 rings (SSSR count). The van der Waals surface area contributed by atoms with Gasteiger partial charge in [-0.1, -0.05) is 6.07 Å². The molecule has 2 aromatic heterocycles. The van der Waals surface area contributed by atoms with Gasteiger partial charge >= 0.3 is 0 Å². The van der Waals surface area contributed by atoms with Gasteiger partial charge in [-0.15, -0.1) is 0 Å². The fourth-order valence-corrected chi connectivity index (χ4v) is 4.40. The molecule has 0 atom stereocenters. The Morgan fingerprint density at radius 3 is 2.76 bits per heavy atom. The Morgan fingerprint density at radius 1 is 1.24 bits per heavy atom. The van der Waals surface area contributed by atoms with E-state index in [2.05, 4.69) is 32.3 Å². The van der Waals surface area contributed by atoms with Gasteiger partial charge in [-0.25, -0.2) is 4.98 Å². The zero-order valence-corrected chi connectivity index (χ0v) is 20.0. The van der Waals surface area contributed by atoms with E-state index in [9.17, 15) is 10.1 Å². The molecule has 3 heterocycles. The number of carbonyl (C=O) groups is 1. The van der Waals surface area contributed by atoms with Crippen LogP contribution < -0.4 is 10.1 Å². The van der Waals surface area contributed by atoms with Gasteiger partial charge in [0.15, 0.2) is 0 Å². The first-order chi connectivity index (χ1) is 16.4. The molecule has 0 saturated heterocycles. The highest BCUT2D eigenvalue weighted by molar-refractivity contribution is 5.97. The molecule has 9 nitrogen and oxygen atoms in total. The van der Waals surface area contributed by atoms with Crippen molar-refractivity contribution in [2.45, 2.75) is 26.1 Å². The van der Waals surface area contributed by atoms with Gasteiger partial charge in [-0.2, -0.15) is 5.26 Å². The van der Waals surface area contributed by atoms with Gasteiger partial charge in [-0.3, -0.25) is 9.78 Å². The average Bonchev–Trinajstić information content (AvgIpc) is 3.27. The molecule has 0 unspecified atom stereocenters. The maximum absolute atomic E-state index is 13.6. The third kappa shape index (κ3) is 4.72. The minimum Gasteiger partial charge on any atom is -0.495 e. The summed E-state index contributed by atoms with van der Waals surface area (Å²) < 4.78 is 7.33. The fourth-order valence-electron chi connectivity index (χ4n) is 4.40. The van der Waals surface area contributed by atoms with Crippen LogP contribution >= 0.6 is 0 Å². The van der Waals surface area contributed by atoms with Gasteiger partial charge in [0.25, 0.3) is 5.91 Å². The van der Waals surface area contributed by atoms with E-state index in [0.29, 0.717) is 36.6 Å². The topological polar surface area (TPSA) is 99.3 Å². The van der Waals surface area contributed by atoms with Crippen molar-refractivity contribution in [3.8, 4) is 11.8 Å². The second-order valence-electron chi connectivity index (χ2n) is 8.61. The molecule has 1 aromatic carbocycles. The van der Waals surface area contributed by atoms with Crippen molar-refractivity contribution in [1.29, 1.82) is 5.26 Å². The molecule has 176 valence electrons. The number of methoxy groups -OCH3 is 1. The Morgan fingerprint density at radius 2 is 2.06 bits per heavy atom. The lowest BCUT2D eigenvalue weighted by Gasteiger charge is -2.31. The normalized spacial score (nSPS) is 13.1. The lowest BCUT2D eigenvalue weighted by atomic mass is 9.91. The number of nitrogens with zero attached hydrogens (tertiary/aromatic N) is 6. The van der Waals surface area contributed by atoms with Crippen LogP contribution in [0.4, 0.5) is 5.95 Å². The van der Waals surface area contributed by atoms with Crippen LogP contribution in [0.25, 0.3) is 0 Å². The number of carbonyl (C=O) groups excluding carboxylic acids is 1. The molecule has 0 spiro atoms. The SMILES string of the molecule is CNc1nccn1Cc1cc(CN(C)C)c2c(c1)C(=O)N(Cc1cc(OC)c(C#N)cn1)CC2. The summed E-state index contributed by atoms with van der Waals surface area (Å²) >= 11 is 0. The number of fused-ring (bicyclic) bond motifs is 1. The van der Waals surface area contributed by atoms with Crippen molar-refractivity contribution in [1.82, 2.24) is 24.3 Å². The molecule has 0 fully saturated rings. The van der Waals surface area contributed by atoms with Crippen LogP contribution in [0.2, 0.25) is 0 Å². The third-order valence-corrected chi connectivity index (χ3v) is 5.95. The Bertz CT molecular complexity index is 1240. The molecule has 0 bridgehead atoms. The number of amides is 1. The van der Waals surface area contributed by atoms with E-state index in [0.717, 1.165) is 35.6 Å². The average molecular weight is 460 g/mol. The van der Waals surface area contributed by atoms with E-state index >= 15 is 0 Å². The number of nitriles is 1. The number of hydrogen-bond acceptors (Lipinski definition) is 7. The monoisotopic (exact) mass is 459 g/mol. The number of nitrogens with one attached hydrogen (secondary N) is 1. The molecule has 0 aliphatic carbocycles. The van der Waals surface area contributed by atoms with E-state index in [1.165, 1.54) is 18.9 Å². The predicted octanol–water partition coefficient (Wildman–Crippen LogP) is 2.51. The van der Waals surface area contributed by atoms with Gasteiger partial charge < -0.3 is 24.4 Å². The third-order valence-electron chi connectivity index (χ3n) is 5.95. The lowest BCUT2D eigenvalue weighted by Crippen LogP contribution is -2.38. The van der Waals surface area contributed by atoms with E-state index in [-0.39, 0.29) is 5.91 Å². The number of imidazole rings is 1. The van der Waals surface area contributed by atoms with Crippen LogP contribution in [0.15, 0.2) is 36.8 Å². The Kier molecular flexibility index (Phi) is 6.80. The maximum Gasteiger partial charge on any atom is 0.254 e. The van der Waals surface area contributed by atoms with Gasteiger partial charge in [0, 0.05) is 50.4 Å². The molecule has 1 amide bonds. The van der Waals surface area contributed by atoms with E-state index in [4.69, 9.17) is 4.74 Å². The van der Waals surface area contributed by atoms with Crippen molar-refractivity contribution in [3.05, 3.63) is 70.3 Å². The van der Waals surface area contributed by atoms with Crippen molar-refractivity contribution >= 4 is 11.9 Å². The Labute approximate surface area is 199 Å². The minimum absolute atomic E-state index is 0.00676. The number of ether oxygens (including phenoxy) is 1. The summed E-state index contributed by atoms with van der Waals surface area (Å²) in [5.74, 6) is 1.24. The highest BCUT2D eigenvalue weighted by atomic mass is 16.5. The first-order valence-corrected chi connectivity index (χ1v) is 11.1. The Hall–Kier alpha value is -3.90. The summed E-state index contributed by atoms with van der Waals surface area (Å²) in [6.07, 6.45) is 5.96. The zero-order chi connectivity index (χ0) is 24.2. The second-order valence-corrected chi connectivity index (χ2v) is 8.61. The molecule has 0 radical (unpaired) electrons. The summed E-state index contributed by atoms with van der Waals surface area (Å²) in [5, 5.41) is 12.3. The fraction of sp³-hybridized carbons (Fsp3) is 0.360. The van der Waals surface area contributed by atoms with E-state index in [1.807, 2.05) is 42.9 Å². The van der Waals surface area contributed by atoms with Gasteiger partial charge in [0.05, 0.1) is 25.9 Å². The van der Waals surface area contributed by atoms with Crippen LogP contribution in [0.3, 0.4) is 0 Å². The molecular weight excluding hydrogens is 430 g/mol. The number of hydrogen-bond donors (Lipinski definition) is 1. The first kappa shape index (κ1) is 23.3. The van der Waals surface area contributed by atoms with Crippen molar-refractivity contribution in [2.75, 3.05) is 40.1 Å². The van der Waals surface area contributed by atoms with Gasteiger partial charge in [-0.05, 0) is 43.3 Å². The van der Waals surface area contributed by atoms with Crippen molar-refractivity contribution in [3.63, 3.8) is 0 Å². The number of aromatic nitrogens is 3. The summed E-state index contributed by atoms with van der Waals surface area (Å²) in [4.78, 5) is 26.2. The molecule has 0 saturated carbocycles. The molecule has 1 aliphatic heterocycles. The van der Waals surface area contributed by atoms with E-state index < -0.39 is 0 Å². The minimum atomic E-state index is -0.00676. The molecular formula is C25H29N7O2. The number of rotatable bonds is 8. The number of benzene rings is 1. The predicted molar refractivity (Wildman–Crippen MR) is 129 cm³/mol. The largest absolute Gasteiger partial charge is 0.495 e. The van der Waals surface area contributed by atoms with Crippen molar-refractivity contribution in [2.24, 2.45) is 0 Å². The molecule has 34 heavy (non-hydrogen) atoms. The molecule has 9 heteroatoms. The van der Waals surface area contributed by atoms with Crippen LogP contribution in [0, 0.1) is 11.3 Å². The summed E-state index contributed by atoms with van der Waals surface area (Å²) in [6, 6.07) is 8.01. The van der Waals surface area contributed by atoms with Crippen LogP contribution in [0.1, 0.15) is 38.3 Å². The smallest absolute Gasteiger partial charge is 0.254 e. The molecule has 1 aliphatic rings. The zero-order valence-electron chi connectivity index (χ0n) is 20.0. The highest BCUT2D eigenvalue weighted by Gasteiger charge is 2.28. The van der Waals surface area contributed by atoms with Crippen LogP contribution in [0.5, 0.6) is 5.75 Å². The van der Waals surface area contributed by atoms with E-state index in [1.54, 1.807) is 12.3 Å².